The summed E-state index contributed by atoms with van der Waals surface area (Å²) in [5.41, 5.74) is 0.516. The van der Waals surface area contributed by atoms with Crippen molar-refractivity contribution in [1.29, 1.82) is 0 Å². The number of carbonyl (C=O) groups excluding carboxylic acids is 1. The van der Waals surface area contributed by atoms with Crippen LogP contribution in [0.3, 0.4) is 0 Å². The number of pyridine rings is 1. The van der Waals surface area contributed by atoms with E-state index >= 15 is 0 Å². The zero-order valence-corrected chi connectivity index (χ0v) is 16.0. The maximum absolute atomic E-state index is 12.7. The smallest absolute Gasteiger partial charge is 0.272 e. The molecule has 0 aromatic carbocycles. The number of likely N-dealkylation sites (tertiary alicyclic amines) is 2. The number of rotatable bonds is 4. The van der Waals surface area contributed by atoms with Crippen LogP contribution in [0.2, 0.25) is 0 Å². The van der Waals surface area contributed by atoms with E-state index in [2.05, 4.69) is 31.7 Å². The molecule has 0 aliphatic carbocycles. The molecule has 0 N–H and O–H groups in total. The van der Waals surface area contributed by atoms with Gasteiger partial charge in [-0.25, -0.2) is 0 Å². The summed E-state index contributed by atoms with van der Waals surface area (Å²) in [6, 6.07) is 5.47. The molecular formula is C20H28N6O. The molecule has 1 atom stereocenters. The first-order chi connectivity index (χ1) is 13.2. The van der Waals surface area contributed by atoms with Gasteiger partial charge in [-0.05, 0) is 50.9 Å². The van der Waals surface area contributed by atoms with Crippen molar-refractivity contribution >= 4 is 5.91 Å². The highest BCUT2D eigenvalue weighted by Crippen LogP contribution is 2.27. The van der Waals surface area contributed by atoms with Crippen LogP contribution in [0.25, 0.3) is 0 Å². The van der Waals surface area contributed by atoms with Crippen LogP contribution in [0.1, 0.15) is 60.2 Å². The lowest BCUT2D eigenvalue weighted by Crippen LogP contribution is -2.40. The van der Waals surface area contributed by atoms with Crippen LogP contribution in [-0.2, 0) is 13.6 Å². The Morgan fingerprint density at radius 2 is 1.96 bits per heavy atom. The van der Waals surface area contributed by atoms with Gasteiger partial charge in [0.1, 0.15) is 17.3 Å². The zero-order chi connectivity index (χ0) is 18.6. The quantitative estimate of drug-likeness (QED) is 0.828. The Hall–Kier alpha value is -2.28. The Morgan fingerprint density at radius 3 is 2.74 bits per heavy atom. The van der Waals surface area contributed by atoms with Crippen molar-refractivity contribution < 1.29 is 4.79 Å². The molecule has 0 saturated carbocycles. The minimum atomic E-state index is 0.0102. The summed E-state index contributed by atoms with van der Waals surface area (Å²) < 4.78 is 2.15. The fraction of sp³-hybridized carbons (Fsp3) is 0.600. The number of carbonyl (C=O) groups is 1. The molecular weight excluding hydrogens is 340 g/mol. The lowest BCUT2D eigenvalue weighted by molar-refractivity contribution is 0.0697. The molecule has 2 aliphatic heterocycles. The average molecular weight is 368 g/mol. The van der Waals surface area contributed by atoms with Gasteiger partial charge in [-0.15, -0.1) is 10.2 Å². The van der Waals surface area contributed by atoms with E-state index in [-0.39, 0.29) is 11.8 Å². The van der Waals surface area contributed by atoms with E-state index in [1.165, 1.54) is 19.3 Å². The number of hydrogen-bond donors (Lipinski definition) is 0. The molecule has 0 bridgehead atoms. The summed E-state index contributed by atoms with van der Waals surface area (Å²) in [5.74, 6) is 2.27. The average Bonchev–Trinajstić information content (AvgIpc) is 3.09. The van der Waals surface area contributed by atoms with Gasteiger partial charge in [-0.1, -0.05) is 12.5 Å². The molecule has 2 aromatic heterocycles. The molecule has 4 heterocycles. The molecule has 7 nitrogen and oxygen atoms in total. The topological polar surface area (TPSA) is 67.2 Å². The highest BCUT2D eigenvalue weighted by molar-refractivity contribution is 5.92. The molecule has 7 heteroatoms. The molecule has 2 saturated heterocycles. The summed E-state index contributed by atoms with van der Waals surface area (Å²) in [4.78, 5) is 21.3. The summed E-state index contributed by atoms with van der Waals surface area (Å²) >= 11 is 0. The summed E-state index contributed by atoms with van der Waals surface area (Å²) in [6.45, 7) is 4.64. The Morgan fingerprint density at radius 1 is 1.11 bits per heavy atom. The third kappa shape index (κ3) is 4.03. The van der Waals surface area contributed by atoms with E-state index in [9.17, 15) is 4.79 Å². The lowest BCUT2D eigenvalue weighted by atomic mass is 9.97. The fourth-order valence-electron chi connectivity index (χ4n) is 4.21. The van der Waals surface area contributed by atoms with Crippen LogP contribution in [0.15, 0.2) is 24.4 Å². The highest BCUT2D eigenvalue weighted by Gasteiger charge is 2.29. The van der Waals surface area contributed by atoms with Gasteiger partial charge in [0.25, 0.3) is 5.91 Å². The lowest BCUT2D eigenvalue weighted by Gasteiger charge is -2.32. The molecule has 2 aliphatic rings. The van der Waals surface area contributed by atoms with Gasteiger partial charge in [0.2, 0.25) is 0 Å². The fourth-order valence-corrected chi connectivity index (χ4v) is 4.21. The van der Waals surface area contributed by atoms with Crippen molar-refractivity contribution in [1.82, 2.24) is 29.5 Å². The van der Waals surface area contributed by atoms with E-state index in [0.717, 1.165) is 50.7 Å². The molecule has 1 amide bonds. The van der Waals surface area contributed by atoms with Crippen LogP contribution >= 0.6 is 0 Å². The number of amides is 1. The number of piperidine rings is 2. The maximum atomic E-state index is 12.7. The van der Waals surface area contributed by atoms with E-state index in [1.54, 1.807) is 12.3 Å². The molecule has 2 aromatic rings. The summed E-state index contributed by atoms with van der Waals surface area (Å²) in [6.07, 6.45) is 7.59. The zero-order valence-electron chi connectivity index (χ0n) is 16.0. The van der Waals surface area contributed by atoms with Gasteiger partial charge in [0.15, 0.2) is 0 Å². The Labute approximate surface area is 160 Å². The second-order valence-electron chi connectivity index (χ2n) is 7.68. The van der Waals surface area contributed by atoms with Gasteiger partial charge in [-0.2, -0.15) is 0 Å². The largest absolute Gasteiger partial charge is 0.337 e. The minimum Gasteiger partial charge on any atom is -0.337 e. The monoisotopic (exact) mass is 368 g/mol. The van der Waals surface area contributed by atoms with Crippen molar-refractivity contribution in [3.05, 3.63) is 41.7 Å². The molecule has 2 fully saturated rings. The number of aromatic nitrogens is 4. The normalized spacial score (nSPS) is 21.4. The predicted octanol–water partition coefficient (Wildman–Crippen LogP) is 2.22. The number of hydrogen-bond acceptors (Lipinski definition) is 5. The molecule has 27 heavy (non-hydrogen) atoms. The third-order valence-corrected chi connectivity index (χ3v) is 5.77. The van der Waals surface area contributed by atoms with Gasteiger partial charge >= 0.3 is 0 Å². The second kappa shape index (κ2) is 8.17. The molecule has 0 spiro atoms. The maximum Gasteiger partial charge on any atom is 0.272 e. The number of nitrogens with zero attached hydrogens (tertiary/aromatic N) is 6. The summed E-state index contributed by atoms with van der Waals surface area (Å²) in [5, 5.41) is 8.97. The highest BCUT2D eigenvalue weighted by atomic mass is 16.2. The minimum absolute atomic E-state index is 0.0102. The van der Waals surface area contributed by atoms with Crippen molar-refractivity contribution in [3.63, 3.8) is 0 Å². The van der Waals surface area contributed by atoms with E-state index in [4.69, 9.17) is 0 Å². The first kappa shape index (κ1) is 18.1. The Bertz CT molecular complexity index is 768. The molecule has 144 valence electrons. The van der Waals surface area contributed by atoms with Crippen molar-refractivity contribution in [2.24, 2.45) is 7.05 Å². The SMILES string of the molecule is Cn1c(CN2CCCCC2)nnc1C1CCCN(C(=O)c2ccccn2)C1. The van der Waals surface area contributed by atoms with Crippen LogP contribution in [0.4, 0.5) is 0 Å². The van der Waals surface area contributed by atoms with Gasteiger partial charge < -0.3 is 9.47 Å². The predicted molar refractivity (Wildman–Crippen MR) is 102 cm³/mol. The van der Waals surface area contributed by atoms with Crippen molar-refractivity contribution in [2.75, 3.05) is 26.2 Å². The van der Waals surface area contributed by atoms with Gasteiger partial charge in [0, 0.05) is 32.3 Å². The van der Waals surface area contributed by atoms with Crippen molar-refractivity contribution in [3.8, 4) is 0 Å². The van der Waals surface area contributed by atoms with Gasteiger partial charge in [-0.3, -0.25) is 14.7 Å². The Balaban J connectivity index is 1.44. The van der Waals surface area contributed by atoms with Gasteiger partial charge in [0.05, 0.1) is 6.54 Å². The standard InChI is InChI=1S/C20H28N6O/c1-24-18(15-25-11-5-2-6-12-25)22-23-19(24)16-8-7-13-26(14-16)20(27)17-9-3-4-10-21-17/h3-4,9-10,16H,2,5-8,11-15H2,1H3. The molecule has 1 unspecified atom stereocenters. The van der Waals surface area contributed by atoms with Crippen molar-refractivity contribution in [2.45, 2.75) is 44.6 Å². The van der Waals surface area contributed by atoms with Crippen LogP contribution < -0.4 is 0 Å². The van der Waals surface area contributed by atoms with Crippen LogP contribution in [-0.4, -0.2) is 61.6 Å². The van der Waals surface area contributed by atoms with Crippen LogP contribution in [0.5, 0.6) is 0 Å². The van der Waals surface area contributed by atoms with E-state index in [1.807, 2.05) is 17.0 Å². The molecule has 0 radical (unpaired) electrons. The third-order valence-electron chi connectivity index (χ3n) is 5.77. The van der Waals surface area contributed by atoms with E-state index < -0.39 is 0 Å². The Kier molecular flexibility index (Phi) is 5.48. The second-order valence-corrected chi connectivity index (χ2v) is 7.68. The van der Waals surface area contributed by atoms with E-state index in [0.29, 0.717) is 12.2 Å². The first-order valence-corrected chi connectivity index (χ1v) is 10.0. The van der Waals surface area contributed by atoms with Crippen LogP contribution in [0, 0.1) is 0 Å². The first-order valence-electron chi connectivity index (χ1n) is 10.0. The summed E-state index contributed by atoms with van der Waals surface area (Å²) in [7, 11) is 2.06. The molecule has 4 rings (SSSR count).